The Morgan fingerprint density at radius 3 is 2.46 bits per heavy atom. The largest absolute Gasteiger partial charge is 0.478 e. The Bertz CT molecular complexity index is 316. The minimum Gasteiger partial charge on any atom is -0.478 e. The fraction of sp³-hybridized carbons (Fsp3) is 0.250. The molecule has 0 amide bonds. The van der Waals surface area contributed by atoms with Gasteiger partial charge in [-0.2, -0.15) is 0 Å². The van der Waals surface area contributed by atoms with Crippen molar-refractivity contribution < 1.29 is 19.8 Å². The van der Waals surface area contributed by atoms with Crippen LogP contribution in [0.2, 0.25) is 0 Å². The van der Waals surface area contributed by atoms with Crippen molar-refractivity contribution in [3.8, 4) is 0 Å². The first-order chi connectivity index (χ1) is 6.02. The SMILES string of the molecule is O=C(O)C1=C(C(=O)O)CC(Cl)C=C1. The summed E-state index contributed by atoms with van der Waals surface area (Å²) in [6.07, 6.45) is 2.75. The molecule has 0 radical (unpaired) electrons. The van der Waals surface area contributed by atoms with Crippen LogP contribution in [0.3, 0.4) is 0 Å². The Morgan fingerprint density at radius 1 is 1.38 bits per heavy atom. The van der Waals surface area contributed by atoms with E-state index in [4.69, 9.17) is 21.8 Å². The van der Waals surface area contributed by atoms with Gasteiger partial charge in [0.1, 0.15) is 0 Å². The Balaban J connectivity index is 3.09. The Morgan fingerprint density at radius 2 is 2.00 bits per heavy atom. The lowest BCUT2D eigenvalue weighted by atomic mass is 9.97. The summed E-state index contributed by atoms with van der Waals surface area (Å²) in [6.45, 7) is 0. The lowest BCUT2D eigenvalue weighted by Crippen LogP contribution is -2.16. The second-order valence-corrected chi connectivity index (χ2v) is 3.14. The van der Waals surface area contributed by atoms with E-state index in [0.29, 0.717) is 0 Å². The highest BCUT2D eigenvalue weighted by molar-refractivity contribution is 6.22. The molecule has 2 N–H and O–H groups in total. The summed E-state index contributed by atoms with van der Waals surface area (Å²) in [5.41, 5.74) is -0.334. The van der Waals surface area contributed by atoms with E-state index < -0.39 is 17.3 Å². The van der Waals surface area contributed by atoms with Gasteiger partial charge in [-0.1, -0.05) is 6.08 Å². The second-order valence-electron chi connectivity index (χ2n) is 2.58. The molecule has 1 aliphatic rings. The molecule has 0 fully saturated rings. The number of carboxylic acid groups (broad SMARTS) is 2. The van der Waals surface area contributed by atoms with Crippen LogP contribution >= 0.6 is 11.6 Å². The van der Waals surface area contributed by atoms with E-state index in [1.54, 1.807) is 0 Å². The lowest BCUT2D eigenvalue weighted by molar-refractivity contribution is -0.135. The maximum absolute atomic E-state index is 10.6. The molecular formula is C8H7ClO4. The molecule has 0 bridgehead atoms. The van der Waals surface area contributed by atoms with Gasteiger partial charge in [-0.3, -0.25) is 0 Å². The van der Waals surface area contributed by atoms with Crippen LogP contribution in [0.25, 0.3) is 0 Å². The first-order valence-corrected chi connectivity index (χ1v) is 3.98. The summed E-state index contributed by atoms with van der Waals surface area (Å²) >= 11 is 5.65. The van der Waals surface area contributed by atoms with Crippen LogP contribution in [0.15, 0.2) is 23.3 Å². The molecule has 5 heteroatoms. The van der Waals surface area contributed by atoms with Crippen LogP contribution in [0.4, 0.5) is 0 Å². The first kappa shape index (κ1) is 9.80. The summed E-state index contributed by atoms with van der Waals surface area (Å²) in [5, 5.41) is 16.9. The van der Waals surface area contributed by atoms with Crippen molar-refractivity contribution in [2.45, 2.75) is 11.8 Å². The van der Waals surface area contributed by atoms with Crippen LogP contribution < -0.4 is 0 Å². The van der Waals surface area contributed by atoms with Crippen molar-refractivity contribution in [1.82, 2.24) is 0 Å². The highest BCUT2D eigenvalue weighted by Gasteiger charge is 2.23. The average Bonchev–Trinajstić information content (AvgIpc) is 2.03. The third kappa shape index (κ3) is 2.09. The van der Waals surface area contributed by atoms with Gasteiger partial charge in [0, 0.05) is 6.42 Å². The van der Waals surface area contributed by atoms with E-state index in [1.807, 2.05) is 0 Å². The molecule has 4 nitrogen and oxygen atoms in total. The predicted octanol–water partition coefficient (Wildman–Crippen LogP) is 1.02. The summed E-state index contributed by atoms with van der Waals surface area (Å²) in [6, 6.07) is 0. The molecule has 70 valence electrons. The number of hydrogen-bond acceptors (Lipinski definition) is 2. The van der Waals surface area contributed by atoms with E-state index in [2.05, 4.69) is 0 Å². The van der Waals surface area contributed by atoms with Gasteiger partial charge in [-0.15, -0.1) is 11.6 Å². The van der Waals surface area contributed by atoms with E-state index in [-0.39, 0.29) is 17.6 Å². The minimum absolute atomic E-state index is 0.0506. The molecule has 1 rings (SSSR count). The van der Waals surface area contributed by atoms with Crippen LogP contribution in [0, 0.1) is 0 Å². The number of hydrogen-bond donors (Lipinski definition) is 2. The van der Waals surface area contributed by atoms with Crippen LogP contribution in [0.1, 0.15) is 6.42 Å². The third-order valence-corrected chi connectivity index (χ3v) is 1.98. The molecule has 0 aromatic rings. The molecule has 1 aliphatic carbocycles. The second kappa shape index (κ2) is 3.62. The van der Waals surface area contributed by atoms with Gasteiger partial charge in [0.05, 0.1) is 16.5 Å². The highest BCUT2D eigenvalue weighted by atomic mass is 35.5. The van der Waals surface area contributed by atoms with Crippen molar-refractivity contribution in [3.05, 3.63) is 23.3 Å². The van der Waals surface area contributed by atoms with Gasteiger partial charge in [0.2, 0.25) is 0 Å². The molecular weight excluding hydrogens is 196 g/mol. The highest BCUT2D eigenvalue weighted by Crippen LogP contribution is 2.23. The van der Waals surface area contributed by atoms with Gasteiger partial charge in [0.15, 0.2) is 0 Å². The van der Waals surface area contributed by atoms with Crippen LogP contribution in [-0.2, 0) is 9.59 Å². The first-order valence-electron chi connectivity index (χ1n) is 3.54. The van der Waals surface area contributed by atoms with E-state index in [0.717, 1.165) is 0 Å². The number of carboxylic acids is 2. The number of halogens is 1. The third-order valence-electron chi connectivity index (χ3n) is 1.68. The van der Waals surface area contributed by atoms with Crippen molar-refractivity contribution in [1.29, 1.82) is 0 Å². The molecule has 13 heavy (non-hydrogen) atoms. The molecule has 1 unspecified atom stereocenters. The summed E-state index contributed by atoms with van der Waals surface area (Å²) in [4.78, 5) is 21.2. The monoisotopic (exact) mass is 202 g/mol. The molecule has 0 aromatic heterocycles. The standard InChI is InChI=1S/C8H7ClO4/c9-4-1-2-5(7(10)11)6(3-4)8(12)13/h1-2,4H,3H2,(H,10,11)(H,12,13). The zero-order valence-electron chi connectivity index (χ0n) is 6.53. The molecule has 0 aliphatic heterocycles. The summed E-state index contributed by atoms with van der Waals surface area (Å²) in [7, 11) is 0. The minimum atomic E-state index is -1.24. The Hall–Kier alpha value is -1.29. The lowest BCUT2D eigenvalue weighted by Gasteiger charge is -2.12. The maximum Gasteiger partial charge on any atom is 0.336 e. The molecule has 0 saturated carbocycles. The number of allylic oxidation sites excluding steroid dienone is 1. The topological polar surface area (TPSA) is 74.6 Å². The maximum atomic E-state index is 10.6. The van der Waals surface area contributed by atoms with Crippen LogP contribution in [-0.4, -0.2) is 27.5 Å². The van der Waals surface area contributed by atoms with Crippen molar-refractivity contribution in [2.75, 3.05) is 0 Å². The smallest absolute Gasteiger partial charge is 0.336 e. The van der Waals surface area contributed by atoms with Gasteiger partial charge in [-0.05, 0) is 6.08 Å². The summed E-state index contributed by atoms with van der Waals surface area (Å²) in [5.74, 6) is -2.47. The van der Waals surface area contributed by atoms with Gasteiger partial charge in [0.25, 0.3) is 0 Å². The normalized spacial score (nSPS) is 21.8. The molecule has 0 saturated heterocycles. The number of rotatable bonds is 2. The van der Waals surface area contributed by atoms with E-state index in [1.165, 1.54) is 12.2 Å². The quantitative estimate of drug-likeness (QED) is 0.656. The van der Waals surface area contributed by atoms with Gasteiger partial charge in [-0.25, -0.2) is 9.59 Å². The molecule has 1 atom stereocenters. The summed E-state index contributed by atoms with van der Waals surface area (Å²) < 4.78 is 0. The number of carbonyl (C=O) groups is 2. The fourth-order valence-electron chi connectivity index (χ4n) is 1.08. The number of alkyl halides is 1. The Kier molecular flexibility index (Phi) is 2.72. The van der Waals surface area contributed by atoms with Gasteiger partial charge >= 0.3 is 11.9 Å². The van der Waals surface area contributed by atoms with E-state index >= 15 is 0 Å². The van der Waals surface area contributed by atoms with Crippen molar-refractivity contribution in [3.63, 3.8) is 0 Å². The molecule has 0 aromatic carbocycles. The zero-order chi connectivity index (χ0) is 10.0. The predicted molar refractivity (Wildman–Crippen MR) is 45.7 cm³/mol. The van der Waals surface area contributed by atoms with Gasteiger partial charge < -0.3 is 10.2 Å². The van der Waals surface area contributed by atoms with E-state index in [9.17, 15) is 9.59 Å². The average molecular weight is 203 g/mol. The fourth-order valence-corrected chi connectivity index (χ4v) is 1.30. The molecule has 0 heterocycles. The van der Waals surface area contributed by atoms with Crippen LogP contribution in [0.5, 0.6) is 0 Å². The van der Waals surface area contributed by atoms with Crippen molar-refractivity contribution >= 4 is 23.5 Å². The molecule has 0 spiro atoms. The Labute approximate surface area is 79.1 Å². The zero-order valence-corrected chi connectivity index (χ0v) is 7.28. The van der Waals surface area contributed by atoms with Crippen molar-refractivity contribution in [2.24, 2.45) is 0 Å². The number of aliphatic carboxylic acids is 2.